The second-order valence-electron chi connectivity index (χ2n) is 9.34. The number of carbonyl (C=O) groups is 1. The van der Waals surface area contributed by atoms with E-state index in [1.807, 2.05) is 18.2 Å². The van der Waals surface area contributed by atoms with Crippen molar-refractivity contribution >= 4 is 34.1 Å². The number of nitrogens with one attached hydrogen (secondary N) is 1. The third-order valence-corrected chi connectivity index (χ3v) is 6.80. The summed E-state index contributed by atoms with van der Waals surface area (Å²) in [5, 5.41) is 15.5. The number of allylic oxidation sites excluding steroid dienone is 1. The van der Waals surface area contributed by atoms with E-state index in [0.29, 0.717) is 12.2 Å². The summed E-state index contributed by atoms with van der Waals surface area (Å²) in [7, 11) is 0. The summed E-state index contributed by atoms with van der Waals surface area (Å²) in [6.45, 7) is 8.35. The van der Waals surface area contributed by atoms with Crippen LogP contribution in [0.1, 0.15) is 38.8 Å². The van der Waals surface area contributed by atoms with Crippen LogP contribution in [-0.2, 0) is 10.2 Å². The lowest BCUT2D eigenvalue weighted by atomic mass is 9.82. The highest BCUT2D eigenvalue weighted by Crippen LogP contribution is 2.51. The van der Waals surface area contributed by atoms with Gasteiger partial charge in [-0.05, 0) is 29.7 Å². The number of carbonyl (C=O) groups excluding carboxylic acids is 1. The minimum Gasteiger partial charge on any atom is -0.867 e. The molecule has 4 aromatic carbocycles. The normalized spacial score (nSPS) is 16.6. The predicted molar refractivity (Wildman–Crippen MR) is 138 cm³/mol. The van der Waals surface area contributed by atoms with Crippen LogP contribution < -0.4 is 30.9 Å². The third-order valence-electron chi connectivity index (χ3n) is 6.80. The molecule has 0 fully saturated rings. The maximum Gasteiger partial charge on any atom is 0.276 e. The molecule has 5 rings (SSSR count). The number of likely N-dealkylation sites (N-methyl/N-ethyl adjacent to an activating group) is 1. The SMILES string of the molecule is CCN1C(=Cc2c([O-])/c(=[N+](\NC(C)=O)c3ccccc3)c2=O)C(C)(C)c2ccc3ccccc3c21. The minimum absolute atomic E-state index is 0.0555. The molecule has 0 unspecified atom stereocenters. The fourth-order valence-electron chi connectivity index (χ4n) is 5.09. The number of rotatable bonds is 4. The summed E-state index contributed by atoms with van der Waals surface area (Å²) >= 11 is 0. The Labute approximate surface area is 203 Å². The molecule has 0 aromatic heterocycles. The highest BCUT2D eigenvalue weighted by Gasteiger charge is 2.41. The molecule has 1 amide bonds. The van der Waals surface area contributed by atoms with Gasteiger partial charge in [-0.1, -0.05) is 73.1 Å². The number of hydrazine groups is 1. The summed E-state index contributed by atoms with van der Waals surface area (Å²) in [5.41, 5.74) is 5.71. The van der Waals surface area contributed by atoms with Crippen LogP contribution in [0.25, 0.3) is 16.8 Å². The molecule has 0 spiro atoms. The molecule has 1 aliphatic heterocycles. The number of fused-ring (bicyclic) bond motifs is 3. The smallest absolute Gasteiger partial charge is 0.276 e. The van der Waals surface area contributed by atoms with Crippen molar-refractivity contribution in [2.75, 3.05) is 11.4 Å². The summed E-state index contributed by atoms with van der Waals surface area (Å²) in [6.07, 6.45) is 1.74. The summed E-state index contributed by atoms with van der Waals surface area (Å²) in [6, 6.07) is 21.4. The molecule has 0 saturated carbocycles. The molecule has 1 N–H and O–H groups in total. The Kier molecular flexibility index (Phi) is 5.32. The number of anilines is 1. The molecule has 0 radical (unpaired) electrons. The van der Waals surface area contributed by atoms with Gasteiger partial charge in [-0.15, -0.1) is 5.43 Å². The molecule has 4 aromatic rings. The number of hydrogen-bond acceptors (Lipinski definition) is 4. The van der Waals surface area contributed by atoms with Gasteiger partial charge in [0, 0.05) is 47.7 Å². The van der Waals surface area contributed by atoms with Crippen LogP contribution in [0, 0.1) is 0 Å². The highest BCUT2D eigenvalue weighted by atomic mass is 16.3. The fraction of sp³-hybridized carbons (Fsp3) is 0.207. The fourth-order valence-corrected chi connectivity index (χ4v) is 5.09. The first-order valence-electron chi connectivity index (χ1n) is 11.7. The average Bonchev–Trinajstić information content (AvgIpc) is 3.08. The van der Waals surface area contributed by atoms with Gasteiger partial charge in [-0.2, -0.15) is 0 Å². The lowest BCUT2D eigenvalue weighted by Crippen LogP contribution is -2.52. The Hall–Kier alpha value is -4.19. The van der Waals surface area contributed by atoms with Crippen molar-refractivity contribution in [3.05, 3.63) is 99.1 Å². The first-order valence-corrected chi connectivity index (χ1v) is 11.7. The molecule has 0 atom stereocenters. The van der Waals surface area contributed by atoms with Crippen LogP contribution >= 0.6 is 0 Å². The van der Waals surface area contributed by atoms with E-state index in [1.54, 1.807) is 30.3 Å². The summed E-state index contributed by atoms with van der Waals surface area (Å²) in [5.74, 6) is -0.752. The zero-order valence-corrected chi connectivity index (χ0v) is 20.3. The minimum atomic E-state index is -0.393. The van der Waals surface area contributed by atoms with Crippen molar-refractivity contribution in [2.45, 2.75) is 33.1 Å². The Morgan fingerprint density at radius 3 is 2.40 bits per heavy atom. The van der Waals surface area contributed by atoms with Crippen LogP contribution in [0.5, 0.6) is 5.75 Å². The van der Waals surface area contributed by atoms with Gasteiger partial charge in [0.25, 0.3) is 16.7 Å². The number of benzene rings is 3. The van der Waals surface area contributed by atoms with E-state index >= 15 is 0 Å². The molecule has 0 bridgehead atoms. The third kappa shape index (κ3) is 3.44. The number of amides is 1. The van der Waals surface area contributed by atoms with E-state index in [0.717, 1.165) is 27.7 Å². The van der Waals surface area contributed by atoms with Gasteiger partial charge in [0.15, 0.2) is 0 Å². The van der Waals surface area contributed by atoms with Crippen LogP contribution in [0.3, 0.4) is 0 Å². The van der Waals surface area contributed by atoms with Crippen molar-refractivity contribution in [1.82, 2.24) is 10.1 Å². The van der Waals surface area contributed by atoms with Crippen LogP contribution in [0.4, 0.5) is 11.4 Å². The molecule has 6 heteroatoms. The second kappa shape index (κ2) is 8.24. The van der Waals surface area contributed by atoms with Crippen LogP contribution in [-0.4, -0.2) is 12.5 Å². The van der Waals surface area contributed by atoms with Gasteiger partial charge in [0.05, 0.1) is 5.69 Å². The van der Waals surface area contributed by atoms with E-state index in [-0.39, 0.29) is 28.0 Å². The maximum atomic E-state index is 13.3. The number of nitrogens with zero attached hydrogens (tertiary/aromatic N) is 2. The Morgan fingerprint density at radius 2 is 1.74 bits per heavy atom. The predicted octanol–water partition coefficient (Wildman–Crippen LogP) is 3.46. The van der Waals surface area contributed by atoms with Crippen molar-refractivity contribution in [3.8, 4) is 5.75 Å². The molecular formula is C29H27N3O3. The Bertz CT molecular complexity index is 1590. The topological polar surface area (TPSA) is 75.5 Å². The molecular weight excluding hydrogens is 438 g/mol. The quantitative estimate of drug-likeness (QED) is 0.370. The second-order valence-corrected chi connectivity index (χ2v) is 9.34. The van der Waals surface area contributed by atoms with Crippen molar-refractivity contribution in [1.29, 1.82) is 0 Å². The molecule has 1 aliphatic rings. The first-order chi connectivity index (χ1) is 16.8. The van der Waals surface area contributed by atoms with E-state index in [9.17, 15) is 14.7 Å². The highest BCUT2D eigenvalue weighted by molar-refractivity contribution is 6.00. The van der Waals surface area contributed by atoms with Crippen LogP contribution in [0.15, 0.2) is 77.2 Å². The Morgan fingerprint density at radius 1 is 1.06 bits per heavy atom. The van der Waals surface area contributed by atoms with Gasteiger partial charge >= 0.3 is 0 Å². The molecule has 35 heavy (non-hydrogen) atoms. The number of para-hydroxylation sites is 1. The summed E-state index contributed by atoms with van der Waals surface area (Å²) < 4.78 is 1.29. The molecule has 0 aliphatic carbocycles. The molecule has 0 saturated heterocycles. The maximum absolute atomic E-state index is 13.3. The first kappa shape index (κ1) is 22.6. The van der Waals surface area contributed by atoms with E-state index < -0.39 is 5.41 Å². The van der Waals surface area contributed by atoms with Gasteiger partial charge in [0.1, 0.15) is 0 Å². The largest absolute Gasteiger partial charge is 0.867 e. The molecule has 176 valence electrons. The molecule has 1 heterocycles. The van der Waals surface area contributed by atoms with Crippen molar-refractivity contribution < 1.29 is 9.90 Å². The van der Waals surface area contributed by atoms with E-state index in [1.165, 1.54) is 11.6 Å². The zero-order chi connectivity index (χ0) is 24.9. The number of hydrogen-bond donors (Lipinski definition) is 1. The molecule has 6 nitrogen and oxygen atoms in total. The Balaban J connectivity index is 1.70. The van der Waals surface area contributed by atoms with Crippen LogP contribution in [0.2, 0.25) is 0 Å². The van der Waals surface area contributed by atoms with Gasteiger partial charge in [0.2, 0.25) is 5.69 Å². The lowest BCUT2D eigenvalue weighted by Gasteiger charge is -2.27. The zero-order valence-electron chi connectivity index (χ0n) is 20.3. The average molecular weight is 466 g/mol. The van der Waals surface area contributed by atoms with Gasteiger partial charge in [-0.3, -0.25) is 9.59 Å². The van der Waals surface area contributed by atoms with Crippen molar-refractivity contribution in [3.63, 3.8) is 0 Å². The summed E-state index contributed by atoms with van der Waals surface area (Å²) in [4.78, 5) is 27.3. The standard InChI is InChI=1S/C29H27N3O3/c1-5-31-24(29(3,4)23-16-15-19-11-9-10-14-21(19)25(23)31)17-22-27(34)26(28(22)35)32(30-18(2)33)20-12-7-6-8-13-20/h6-17H,5H2,1-4H3,(H-,30,33,34,35). The monoisotopic (exact) mass is 465 g/mol. The van der Waals surface area contributed by atoms with E-state index in [2.05, 4.69) is 55.4 Å². The van der Waals surface area contributed by atoms with Crippen molar-refractivity contribution in [2.24, 2.45) is 0 Å². The van der Waals surface area contributed by atoms with Gasteiger partial charge < -0.3 is 10.0 Å². The van der Waals surface area contributed by atoms with E-state index in [4.69, 9.17) is 0 Å². The van der Waals surface area contributed by atoms with Gasteiger partial charge in [-0.25, -0.2) is 0 Å². The lowest BCUT2D eigenvalue weighted by molar-refractivity contribution is -0.272.